The van der Waals surface area contributed by atoms with E-state index >= 15 is 0 Å². The lowest BCUT2D eigenvalue weighted by atomic mass is 9.85. The van der Waals surface area contributed by atoms with E-state index in [0.29, 0.717) is 37.7 Å². The second-order valence-electron chi connectivity index (χ2n) is 11.6. The smallest absolute Gasteiger partial charge is 0.248 e. The number of rotatable bonds is 6. The molecule has 2 saturated heterocycles. The maximum Gasteiger partial charge on any atom is 0.248 e. The summed E-state index contributed by atoms with van der Waals surface area (Å²) in [6, 6.07) is 0.357. The van der Waals surface area contributed by atoms with Gasteiger partial charge in [0.2, 0.25) is 11.8 Å². The Labute approximate surface area is 210 Å². The molecule has 4 heterocycles. The maximum absolute atomic E-state index is 14.0. The van der Waals surface area contributed by atoms with Crippen LogP contribution in [0, 0.1) is 12.3 Å². The van der Waals surface area contributed by atoms with E-state index < -0.39 is 29.1 Å². The molecule has 3 aliphatic rings. The molecule has 0 radical (unpaired) electrons. The van der Waals surface area contributed by atoms with Gasteiger partial charge in [-0.25, -0.2) is 4.68 Å². The number of aliphatic hydroxyl groups is 1. The van der Waals surface area contributed by atoms with Crippen molar-refractivity contribution >= 4 is 11.8 Å². The average Bonchev–Trinajstić information content (AvgIpc) is 3.19. The number of likely N-dealkylation sites (tertiary alicyclic amines) is 1. The van der Waals surface area contributed by atoms with Crippen molar-refractivity contribution in [3.8, 4) is 0 Å². The number of nitrogens with one attached hydrogen (secondary N) is 1. The van der Waals surface area contributed by atoms with Crippen molar-refractivity contribution in [2.24, 2.45) is 5.41 Å². The molecule has 5 rings (SSSR count). The van der Waals surface area contributed by atoms with Crippen LogP contribution in [-0.4, -0.2) is 73.9 Å². The summed E-state index contributed by atoms with van der Waals surface area (Å²) in [5.74, 6) is 0.427. The topological polar surface area (TPSA) is 136 Å². The number of nitrogens with zero attached hydrogens (tertiary/aromatic N) is 5. The van der Waals surface area contributed by atoms with Crippen LogP contribution in [0.5, 0.6) is 0 Å². The molecule has 1 saturated carbocycles. The number of amides is 2. The number of aryl methyl sites for hydroxylation is 1. The highest BCUT2D eigenvalue weighted by Gasteiger charge is 2.48. The van der Waals surface area contributed by atoms with Gasteiger partial charge >= 0.3 is 0 Å². The minimum atomic E-state index is -0.812. The van der Waals surface area contributed by atoms with Crippen LogP contribution in [0.15, 0.2) is 16.8 Å². The molecule has 2 N–H and O–H groups in total. The Morgan fingerprint density at radius 2 is 1.97 bits per heavy atom. The summed E-state index contributed by atoms with van der Waals surface area (Å²) in [5, 5.41) is 26.3. The molecule has 196 valence electrons. The zero-order valence-corrected chi connectivity index (χ0v) is 21.4. The largest absolute Gasteiger partial charge is 0.391 e. The molecule has 2 aromatic rings. The van der Waals surface area contributed by atoms with E-state index in [-0.39, 0.29) is 24.8 Å². The standard InChI is InChI=1S/C25H36N6O5/c1-15-11-20(36-28-15)25(7-9-35-10-8-25)26-22(33)19-12-17(32)13-30(19)23(34)21(24(2,3)4)31-14-18(27-29-31)16-5-6-16/h11,14,16-17,19,21,32H,5-10,12-13H2,1-4H3,(H,26,33)/t17?,19?,21-/m1/s1. The third-order valence-corrected chi connectivity index (χ3v) is 7.52. The van der Waals surface area contributed by atoms with E-state index in [1.807, 2.05) is 40.0 Å². The van der Waals surface area contributed by atoms with E-state index in [1.165, 1.54) is 4.90 Å². The van der Waals surface area contributed by atoms with Crippen molar-refractivity contribution in [2.45, 2.75) is 89.4 Å². The molecule has 2 aliphatic heterocycles. The first-order valence-corrected chi connectivity index (χ1v) is 12.8. The lowest BCUT2D eigenvalue weighted by molar-refractivity contribution is -0.145. The summed E-state index contributed by atoms with van der Waals surface area (Å²) in [6.07, 6.45) is 4.47. The Hall–Kier alpha value is -2.79. The highest BCUT2D eigenvalue weighted by Crippen LogP contribution is 2.40. The van der Waals surface area contributed by atoms with Gasteiger partial charge in [-0.3, -0.25) is 9.59 Å². The zero-order chi connectivity index (χ0) is 25.7. The number of aliphatic hydroxyl groups excluding tert-OH is 1. The fourth-order valence-corrected chi connectivity index (χ4v) is 5.39. The van der Waals surface area contributed by atoms with Crippen molar-refractivity contribution in [2.75, 3.05) is 19.8 Å². The maximum atomic E-state index is 14.0. The quantitative estimate of drug-likeness (QED) is 0.613. The van der Waals surface area contributed by atoms with E-state index in [4.69, 9.17) is 9.26 Å². The van der Waals surface area contributed by atoms with Gasteiger partial charge in [-0.2, -0.15) is 0 Å². The van der Waals surface area contributed by atoms with Crippen LogP contribution in [0.3, 0.4) is 0 Å². The van der Waals surface area contributed by atoms with Crippen LogP contribution in [-0.2, 0) is 19.9 Å². The molecule has 2 unspecified atom stereocenters. The van der Waals surface area contributed by atoms with Crippen LogP contribution in [0.4, 0.5) is 0 Å². The Bertz CT molecular complexity index is 1110. The van der Waals surface area contributed by atoms with Gasteiger partial charge in [0, 0.05) is 57.2 Å². The number of β-amino-alcohol motifs (C(OH)–C–C–N with tert-alkyl or cyclic N) is 1. The summed E-state index contributed by atoms with van der Waals surface area (Å²) >= 11 is 0. The highest BCUT2D eigenvalue weighted by molar-refractivity contribution is 5.90. The Kier molecular flexibility index (Phi) is 6.40. The lowest BCUT2D eigenvalue weighted by Gasteiger charge is -2.38. The van der Waals surface area contributed by atoms with Crippen molar-refractivity contribution in [1.82, 2.24) is 30.4 Å². The van der Waals surface area contributed by atoms with Gasteiger partial charge in [0.15, 0.2) is 5.76 Å². The van der Waals surface area contributed by atoms with E-state index in [0.717, 1.165) is 24.2 Å². The molecule has 36 heavy (non-hydrogen) atoms. The van der Waals surface area contributed by atoms with E-state index in [1.54, 1.807) is 4.68 Å². The van der Waals surface area contributed by atoms with Crippen LogP contribution in [0.1, 0.15) is 82.0 Å². The number of ether oxygens (including phenoxy) is 1. The predicted molar refractivity (Wildman–Crippen MR) is 128 cm³/mol. The van der Waals surface area contributed by atoms with Crippen LogP contribution < -0.4 is 5.32 Å². The number of hydrogen-bond donors (Lipinski definition) is 2. The normalized spacial score (nSPS) is 25.1. The van der Waals surface area contributed by atoms with Gasteiger partial charge in [0.25, 0.3) is 0 Å². The second-order valence-corrected chi connectivity index (χ2v) is 11.6. The predicted octanol–water partition coefficient (Wildman–Crippen LogP) is 1.82. The summed E-state index contributed by atoms with van der Waals surface area (Å²) < 4.78 is 12.7. The summed E-state index contributed by atoms with van der Waals surface area (Å²) in [5.41, 5.74) is 0.369. The van der Waals surface area contributed by atoms with Crippen LogP contribution >= 0.6 is 0 Å². The third-order valence-electron chi connectivity index (χ3n) is 7.52. The van der Waals surface area contributed by atoms with Gasteiger partial charge < -0.3 is 24.6 Å². The molecule has 3 atom stereocenters. The molecule has 11 nitrogen and oxygen atoms in total. The monoisotopic (exact) mass is 500 g/mol. The van der Waals surface area contributed by atoms with Gasteiger partial charge in [-0.15, -0.1) is 5.10 Å². The first kappa shape index (κ1) is 24.9. The molecule has 2 aromatic heterocycles. The fraction of sp³-hybridized carbons (Fsp3) is 0.720. The molecule has 2 amide bonds. The zero-order valence-electron chi connectivity index (χ0n) is 21.4. The molecule has 0 spiro atoms. The van der Waals surface area contributed by atoms with Gasteiger partial charge in [-0.05, 0) is 25.2 Å². The van der Waals surface area contributed by atoms with Gasteiger partial charge in [0.05, 0.1) is 17.5 Å². The summed E-state index contributed by atoms with van der Waals surface area (Å²) in [6.45, 7) is 8.78. The average molecular weight is 501 g/mol. The second kappa shape index (κ2) is 9.26. The van der Waals surface area contributed by atoms with Crippen molar-refractivity contribution in [3.63, 3.8) is 0 Å². The van der Waals surface area contributed by atoms with Crippen molar-refractivity contribution < 1.29 is 24.0 Å². The molecular weight excluding hydrogens is 464 g/mol. The number of aromatic nitrogens is 4. The molecule has 0 aromatic carbocycles. The number of hydrogen-bond acceptors (Lipinski definition) is 8. The Morgan fingerprint density at radius 1 is 1.25 bits per heavy atom. The highest BCUT2D eigenvalue weighted by atomic mass is 16.5. The SMILES string of the molecule is Cc1cc(C2(NC(=O)C3CC(O)CN3C(=O)[C@@H](n3cc(C4CC4)nn3)C(C)(C)C)CCOCC2)on1. The third kappa shape index (κ3) is 4.78. The van der Waals surface area contributed by atoms with Crippen LogP contribution in [0.2, 0.25) is 0 Å². The summed E-state index contributed by atoms with van der Waals surface area (Å²) in [4.78, 5) is 29.2. The lowest BCUT2D eigenvalue weighted by Crippen LogP contribution is -2.56. The molecule has 0 bridgehead atoms. The van der Waals surface area contributed by atoms with E-state index in [9.17, 15) is 14.7 Å². The van der Waals surface area contributed by atoms with Crippen LogP contribution in [0.25, 0.3) is 0 Å². The molecular formula is C25H36N6O5. The van der Waals surface area contributed by atoms with Gasteiger partial charge in [0.1, 0.15) is 17.6 Å². The molecule has 11 heteroatoms. The van der Waals surface area contributed by atoms with Gasteiger partial charge in [-0.1, -0.05) is 31.1 Å². The summed E-state index contributed by atoms with van der Waals surface area (Å²) in [7, 11) is 0. The number of carbonyl (C=O) groups is 2. The first-order valence-electron chi connectivity index (χ1n) is 12.8. The van der Waals surface area contributed by atoms with E-state index in [2.05, 4.69) is 20.8 Å². The fourth-order valence-electron chi connectivity index (χ4n) is 5.39. The Balaban J connectivity index is 1.40. The molecule has 3 fully saturated rings. The number of carbonyl (C=O) groups excluding carboxylic acids is 2. The minimum Gasteiger partial charge on any atom is -0.391 e. The van der Waals surface area contributed by atoms with Crippen molar-refractivity contribution in [1.29, 1.82) is 0 Å². The Morgan fingerprint density at radius 3 is 2.58 bits per heavy atom. The first-order chi connectivity index (χ1) is 17.1. The molecule has 1 aliphatic carbocycles. The minimum absolute atomic E-state index is 0.0885. The van der Waals surface area contributed by atoms with Crippen molar-refractivity contribution in [3.05, 3.63) is 29.4 Å².